The Morgan fingerprint density at radius 3 is 2.71 bits per heavy atom. The van der Waals surface area contributed by atoms with Crippen LogP contribution in [0.4, 0.5) is 0 Å². The number of aromatic nitrogens is 2. The molecule has 0 spiro atoms. The molecule has 0 unspecified atom stereocenters. The smallest absolute Gasteiger partial charge is 0.349 e. The first-order valence-electron chi connectivity index (χ1n) is 12.3. The van der Waals surface area contributed by atoms with E-state index in [9.17, 15) is 9.90 Å². The number of hydrogen-bond donors (Lipinski definition) is 2. The molecule has 1 fully saturated rings. The number of benzene rings is 1. The molecule has 0 bridgehead atoms. The van der Waals surface area contributed by atoms with Gasteiger partial charge in [0.2, 0.25) is 5.88 Å². The summed E-state index contributed by atoms with van der Waals surface area (Å²) in [5, 5.41) is 10.4. The number of unbranched alkanes of at least 4 members (excludes halogenated alkanes) is 2. The fourth-order valence-corrected chi connectivity index (χ4v) is 4.27. The zero-order valence-electron chi connectivity index (χ0n) is 20.3. The number of piperazine rings is 1. The third-order valence-electron chi connectivity index (χ3n) is 6.44. The van der Waals surface area contributed by atoms with Gasteiger partial charge < -0.3 is 24.4 Å². The zero-order chi connectivity index (χ0) is 23.9. The van der Waals surface area contributed by atoms with Crippen molar-refractivity contribution >= 4 is 5.70 Å². The molecule has 9 heteroatoms. The average Bonchev–Trinajstić information content (AvgIpc) is 3.10. The number of fused-ring (bicyclic) bond motifs is 1. The minimum absolute atomic E-state index is 0.0402. The van der Waals surface area contributed by atoms with E-state index in [2.05, 4.69) is 29.2 Å². The van der Waals surface area contributed by atoms with Crippen molar-refractivity contribution in [2.24, 2.45) is 0 Å². The monoisotopic (exact) mass is 471 g/mol. The molecule has 2 aliphatic rings. The largest absolute Gasteiger partial charge is 0.494 e. The highest BCUT2D eigenvalue weighted by Crippen LogP contribution is 2.32. The maximum absolute atomic E-state index is 13.0. The summed E-state index contributed by atoms with van der Waals surface area (Å²) in [5.74, 6) is 1.45. The minimum Gasteiger partial charge on any atom is -0.494 e. The Morgan fingerprint density at radius 1 is 1.12 bits per heavy atom. The summed E-state index contributed by atoms with van der Waals surface area (Å²) in [4.78, 5) is 17.8. The third kappa shape index (κ3) is 5.95. The van der Waals surface area contributed by atoms with Crippen LogP contribution in [0.5, 0.6) is 17.4 Å². The maximum atomic E-state index is 13.0. The molecule has 3 heterocycles. The fraction of sp³-hybridized carbons (Fsp3) is 0.560. The molecule has 2 aromatic rings. The predicted molar refractivity (Wildman–Crippen MR) is 133 cm³/mol. The van der Waals surface area contributed by atoms with Crippen LogP contribution in [0.2, 0.25) is 0 Å². The Labute approximate surface area is 201 Å². The van der Waals surface area contributed by atoms with Gasteiger partial charge in [0.25, 0.3) is 0 Å². The van der Waals surface area contributed by atoms with Gasteiger partial charge in [-0.2, -0.15) is 0 Å². The van der Waals surface area contributed by atoms with E-state index in [0.29, 0.717) is 19.8 Å². The number of likely N-dealkylation sites (N-methyl/N-ethyl adjacent to an activating group) is 1. The molecule has 2 N–H and O–H groups in total. The quantitative estimate of drug-likeness (QED) is 0.487. The highest BCUT2D eigenvalue weighted by Gasteiger charge is 2.18. The van der Waals surface area contributed by atoms with E-state index in [-0.39, 0.29) is 11.6 Å². The SMILES string of the molecule is CCCCOc1ccc2c(c1)C(Nn1cc(O)n(CCCCN3CCN(C)CC3)c1=O)=CCO2. The Balaban J connectivity index is 1.36. The van der Waals surface area contributed by atoms with Crippen molar-refractivity contribution in [1.29, 1.82) is 0 Å². The Bertz CT molecular complexity index is 1040. The fourth-order valence-electron chi connectivity index (χ4n) is 4.27. The van der Waals surface area contributed by atoms with Crippen LogP contribution >= 0.6 is 0 Å². The van der Waals surface area contributed by atoms with Crippen molar-refractivity contribution in [3.63, 3.8) is 0 Å². The molecule has 1 saturated heterocycles. The molecule has 1 aromatic heterocycles. The van der Waals surface area contributed by atoms with Gasteiger partial charge in [-0.1, -0.05) is 13.3 Å². The summed E-state index contributed by atoms with van der Waals surface area (Å²) in [6, 6.07) is 5.70. The summed E-state index contributed by atoms with van der Waals surface area (Å²) in [6.45, 7) is 9.09. The van der Waals surface area contributed by atoms with Crippen LogP contribution in [0.1, 0.15) is 38.2 Å². The van der Waals surface area contributed by atoms with E-state index in [1.54, 1.807) is 0 Å². The van der Waals surface area contributed by atoms with Crippen molar-refractivity contribution < 1.29 is 14.6 Å². The Hall–Kier alpha value is -2.91. The van der Waals surface area contributed by atoms with E-state index in [0.717, 1.165) is 81.2 Å². The van der Waals surface area contributed by atoms with Gasteiger partial charge in [0.15, 0.2) is 0 Å². The standard InChI is InChI=1S/C25H37N5O4/c1-3-4-16-33-20-7-8-23-21(18-20)22(9-17-34-23)26-30-19-24(31)29(25(30)32)11-6-5-10-28-14-12-27(2)13-15-28/h7-9,18-19,26,31H,3-6,10-17H2,1-2H3. The molecule has 0 atom stereocenters. The number of imidazole rings is 1. The number of nitrogens with one attached hydrogen (secondary N) is 1. The van der Waals surface area contributed by atoms with Gasteiger partial charge in [-0.3, -0.25) is 9.99 Å². The molecule has 34 heavy (non-hydrogen) atoms. The minimum atomic E-state index is -0.290. The number of nitrogens with zero attached hydrogens (tertiary/aromatic N) is 4. The van der Waals surface area contributed by atoms with Crippen LogP contribution < -0.4 is 20.6 Å². The number of hydrogen-bond acceptors (Lipinski definition) is 7. The van der Waals surface area contributed by atoms with Crippen LogP contribution in [0.3, 0.4) is 0 Å². The van der Waals surface area contributed by atoms with E-state index in [4.69, 9.17) is 9.47 Å². The maximum Gasteiger partial charge on any atom is 0.349 e. The summed E-state index contributed by atoms with van der Waals surface area (Å²) >= 11 is 0. The second kappa shape index (κ2) is 11.5. The van der Waals surface area contributed by atoms with Crippen LogP contribution in [-0.2, 0) is 6.54 Å². The molecule has 1 aromatic carbocycles. The van der Waals surface area contributed by atoms with Gasteiger partial charge in [0, 0.05) is 38.3 Å². The Morgan fingerprint density at radius 2 is 1.91 bits per heavy atom. The summed E-state index contributed by atoms with van der Waals surface area (Å²) < 4.78 is 14.3. The second-order valence-electron chi connectivity index (χ2n) is 9.04. The number of rotatable bonds is 11. The van der Waals surface area contributed by atoms with Crippen molar-refractivity contribution in [1.82, 2.24) is 19.0 Å². The van der Waals surface area contributed by atoms with Crippen molar-refractivity contribution in [2.45, 2.75) is 39.2 Å². The average molecular weight is 472 g/mol. The number of ether oxygens (including phenoxy) is 2. The normalized spacial score (nSPS) is 16.6. The van der Waals surface area contributed by atoms with Gasteiger partial charge >= 0.3 is 5.69 Å². The highest BCUT2D eigenvalue weighted by atomic mass is 16.5. The molecule has 2 aliphatic heterocycles. The van der Waals surface area contributed by atoms with Crippen LogP contribution in [0, 0.1) is 0 Å². The van der Waals surface area contributed by atoms with Gasteiger partial charge in [0.05, 0.1) is 18.5 Å². The summed E-state index contributed by atoms with van der Waals surface area (Å²) in [5.41, 5.74) is 4.43. The lowest BCUT2D eigenvalue weighted by Gasteiger charge is -2.32. The van der Waals surface area contributed by atoms with E-state index in [1.165, 1.54) is 15.4 Å². The number of aromatic hydroxyl groups is 1. The van der Waals surface area contributed by atoms with Gasteiger partial charge in [-0.15, -0.1) is 0 Å². The second-order valence-corrected chi connectivity index (χ2v) is 9.04. The first-order chi connectivity index (χ1) is 16.5. The molecule has 0 aliphatic carbocycles. The van der Waals surface area contributed by atoms with Gasteiger partial charge in [-0.05, 0) is 57.1 Å². The molecular formula is C25H37N5O4. The first kappa shape index (κ1) is 24.2. The molecule has 0 saturated carbocycles. The van der Waals surface area contributed by atoms with Crippen molar-refractivity contribution in [3.8, 4) is 17.4 Å². The zero-order valence-corrected chi connectivity index (χ0v) is 20.3. The molecule has 9 nitrogen and oxygen atoms in total. The predicted octanol–water partition coefficient (Wildman–Crippen LogP) is 2.54. The highest BCUT2D eigenvalue weighted by molar-refractivity contribution is 5.76. The lowest BCUT2D eigenvalue weighted by atomic mass is 10.1. The summed E-state index contributed by atoms with van der Waals surface area (Å²) in [6.07, 6.45) is 7.20. The van der Waals surface area contributed by atoms with Crippen molar-refractivity contribution in [3.05, 3.63) is 46.5 Å². The first-order valence-corrected chi connectivity index (χ1v) is 12.3. The van der Waals surface area contributed by atoms with E-state index < -0.39 is 0 Å². The van der Waals surface area contributed by atoms with Crippen molar-refractivity contribution in [2.75, 3.05) is 58.4 Å². The molecule has 0 amide bonds. The van der Waals surface area contributed by atoms with Gasteiger partial charge in [-0.25, -0.2) is 9.47 Å². The molecule has 0 radical (unpaired) electrons. The van der Waals surface area contributed by atoms with Crippen LogP contribution in [0.25, 0.3) is 5.70 Å². The Kier molecular flexibility index (Phi) is 8.18. The topological polar surface area (TPSA) is 84.1 Å². The van der Waals surface area contributed by atoms with E-state index >= 15 is 0 Å². The van der Waals surface area contributed by atoms with Gasteiger partial charge in [0.1, 0.15) is 18.1 Å². The third-order valence-corrected chi connectivity index (χ3v) is 6.44. The molecular weight excluding hydrogens is 434 g/mol. The molecule has 186 valence electrons. The van der Waals surface area contributed by atoms with Crippen LogP contribution in [0.15, 0.2) is 35.3 Å². The van der Waals surface area contributed by atoms with E-state index in [1.807, 2.05) is 24.3 Å². The molecule has 4 rings (SSSR count). The lowest BCUT2D eigenvalue weighted by Crippen LogP contribution is -2.44. The van der Waals surface area contributed by atoms with Crippen LogP contribution in [-0.4, -0.2) is 77.1 Å². The summed E-state index contributed by atoms with van der Waals surface area (Å²) in [7, 11) is 2.15. The lowest BCUT2D eigenvalue weighted by molar-refractivity contribution is 0.151.